The Balaban J connectivity index is 1.85. The van der Waals surface area contributed by atoms with Crippen LogP contribution in [0.15, 0.2) is 48.1 Å². The van der Waals surface area contributed by atoms with Crippen molar-refractivity contribution >= 4 is 22.6 Å². The maximum absolute atomic E-state index is 5.70. The fraction of sp³-hybridized carbons (Fsp3) is 0.238. The Labute approximate surface area is 148 Å². The van der Waals surface area contributed by atoms with Gasteiger partial charge in [-0.1, -0.05) is 24.3 Å². The normalized spacial score (nSPS) is 14.8. The Morgan fingerprint density at radius 3 is 2.76 bits per heavy atom. The van der Waals surface area contributed by atoms with Gasteiger partial charge in [0.25, 0.3) is 0 Å². The van der Waals surface area contributed by atoms with Gasteiger partial charge < -0.3 is 21.1 Å². The van der Waals surface area contributed by atoms with E-state index in [0.717, 1.165) is 35.7 Å². The lowest BCUT2D eigenvalue weighted by atomic mass is 9.92. The van der Waals surface area contributed by atoms with E-state index >= 15 is 0 Å². The number of hydrogen-bond acceptors (Lipinski definition) is 4. The molecule has 25 heavy (non-hydrogen) atoms. The van der Waals surface area contributed by atoms with Gasteiger partial charge >= 0.3 is 0 Å². The van der Waals surface area contributed by atoms with Crippen LogP contribution in [0, 0.1) is 6.92 Å². The Morgan fingerprint density at radius 2 is 2.04 bits per heavy atom. The minimum absolute atomic E-state index is 0.550. The molecule has 0 amide bonds. The zero-order valence-corrected chi connectivity index (χ0v) is 14.6. The molecule has 0 atom stereocenters. The summed E-state index contributed by atoms with van der Waals surface area (Å²) < 4.78 is 5.70. The van der Waals surface area contributed by atoms with Crippen LogP contribution in [0.2, 0.25) is 0 Å². The van der Waals surface area contributed by atoms with Crippen molar-refractivity contribution in [1.29, 1.82) is 0 Å². The van der Waals surface area contributed by atoms with Gasteiger partial charge in [-0.2, -0.15) is 0 Å². The first kappa shape index (κ1) is 15.8. The molecule has 2 aromatic rings. The van der Waals surface area contributed by atoms with E-state index in [4.69, 9.17) is 10.5 Å². The third kappa shape index (κ3) is 2.68. The third-order valence-corrected chi connectivity index (χ3v) is 4.94. The molecular weight excluding hydrogens is 310 g/mol. The topological polar surface area (TPSA) is 59.3 Å². The number of ether oxygens (including phenoxy) is 1. The Hall–Kier alpha value is -2.72. The molecule has 4 heteroatoms. The zero-order chi connectivity index (χ0) is 17.4. The Morgan fingerprint density at radius 1 is 1.24 bits per heavy atom. The number of aryl methyl sites for hydroxylation is 1. The monoisotopic (exact) mass is 333 g/mol. The number of fused-ring (bicyclic) bond motifs is 2. The van der Waals surface area contributed by atoms with Crippen LogP contribution in [0.25, 0.3) is 5.57 Å². The number of allylic oxidation sites excluding steroid dienone is 3. The molecule has 4 nitrogen and oxygen atoms in total. The summed E-state index contributed by atoms with van der Waals surface area (Å²) in [6.07, 6.45) is 5.48. The van der Waals surface area contributed by atoms with Crippen molar-refractivity contribution < 1.29 is 4.74 Å². The average molecular weight is 333 g/mol. The molecule has 4 N–H and O–H groups in total. The fourth-order valence-electron chi connectivity index (χ4n) is 3.61. The molecule has 1 aliphatic heterocycles. The van der Waals surface area contributed by atoms with Gasteiger partial charge in [0.2, 0.25) is 0 Å². The number of hydrogen-bond donors (Lipinski definition) is 3. The van der Waals surface area contributed by atoms with Crippen molar-refractivity contribution in [2.45, 2.75) is 19.9 Å². The third-order valence-electron chi connectivity index (χ3n) is 4.94. The Bertz CT molecular complexity index is 879. The standard InChI is InChI=1S/C21H23N3O/c1-13-10-18(25-2)21(24-16-8-6-14(11-22)7-9-16)19-17-5-3-4-15(17)12-23-20(13)19/h3,5-10,23-24H,4,11-12,22H2,1-2H3. The number of rotatable bonds is 4. The molecule has 0 radical (unpaired) electrons. The van der Waals surface area contributed by atoms with E-state index in [1.165, 1.54) is 28.0 Å². The van der Waals surface area contributed by atoms with Gasteiger partial charge in [0.15, 0.2) is 0 Å². The first-order chi connectivity index (χ1) is 12.2. The molecule has 0 spiro atoms. The van der Waals surface area contributed by atoms with Crippen LogP contribution in [0.1, 0.15) is 23.1 Å². The highest BCUT2D eigenvalue weighted by Gasteiger charge is 2.26. The molecule has 1 aliphatic carbocycles. The van der Waals surface area contributed by atoms with Crippen molar-refractivity contribution in [1.82, 2.24) is 0 Å². The van der Waals surface area contributed by atoms with Gasteiger partial charge in [-0.3, -0.25) is 0 Å². The highest BCUT2D eigenvalue weighted by atomic mass is 16.5. The molecule has 0 saturated carbocycles. The van der Waals surface area contributed by atoms with Gasteiger partial charge in [-0.25, -0.2) is 0 Å². The second-order valence-electron chi connectivity index (χ2n) is 6.52. The van der Waals surface area contributed by atoms with E-state index in [-0.39, 0.29) is 0 Å². The summed E-state index contributed by atoms with van der Waals surface area (Å²) in [4.78, 5) is 0. The number of nitrogens with two attached hydrogens (primary N) is 1. The minimum Gasteiger partial charge on any atom is -0.495 e. The molecule has 0 bridgehead atoms. The van der Waals surface area contributed by atoms with Crippen molar-refractivity contribution in [3.8, 4) is 5.75 Å². The van der Waals surface area contributed by atoms with Gasteiger partial charge in [0, 0.05) is 30.0 Å². The van der Waals surface area contributed by atoms with E-state index in [1.54, 1.807) is 7.11 Å². The van der Waals surface area contributed by atoms with Crippen molar-refractivity contribution in [2.75, 3.05) is 24.3 Å². The number of methoxy groups -OCH3 is 1. The molecule has 4 rings (SSSR count). The quantitative estimate of drug-likeness (QED) is 0.779. The van der Waals surface area contributed by atoms with Crippen molar-refractivity contribution in [3.05, 3.63) is 64.7 Å². The summed E-state index contributed by atoms with van der Waals surface area (Å²) in [5.74, 6) is 0.856. The predicted molar refractivity (Wildman–Crippen MR) is 105 cm³/mol. The Kier molecular flexibility index (Phi) is 3.98. The predicted octanol–water partition coefficient (Wildman–Crippen LogP) is 4.34. The lowest BCUT2D eigenvalue weighted by Crippen LogP contribution is -2.15. The molecule has 2 aliphatic rings. The largest absolute Gasteiger partial charge is 0.495 e. The fourth-order valence-corrected chi connectivity index (χ4v) is 3.61. The maximum atomic E-state index is 5.70. The van der Waals surface area contributed by atoms with E-state index < -0.39 is 0 Å². The lowest BCUT2D eigenvalue weighted by molar-refractivity contribution is 0.416. The summed E-state index contributed by atoms with van der Waals surface area (Å²) in [6.45, 7) is 3.58. The maximum Gasteiger partial charge on any atom is 0.143 e. The van der Waals surface area contributed by atoms with Gasteiger partial charge in [-0.15, -0.1) is 0 Å². The smallest absolute Gasteiger partial charge is 0.143 e. The number of benzene rings is 2. The molecule has 0 saturated heterocycles. The van der Waals surface area contributed by atoms with Crippen LogP contribution < -0.4 is 21.1 Å². The highest BCUT2D eigenvalue weighted by molar-refractivity contribution is 5.98. The minimum atomic E-state index is 0.550. The molecule has 0 aromatic heterocycles. The van der Waals surface area contributed by atoms with E-state index in [0.29, 0.717) is 6.54 Å². The van der Waals surface area contributed by atoms with E-state index in [9.17, 15) is 0 Å². The average Bonchev–Trinajstić information content (AvgIpc) is 3.13. The van der Waals surface area contributed by atoms with E-state index in [2.05, 4.69) is 47.9 Å². The molecule has 1 heterocycles. The lowest BCUT2D eigenvalue weighted by Gasteiger charge is -2.27. The first-order valence-electron chi connectivity index (χ1n) is 8.61. The van der Waals surface area contributed by atoms with Crippen LogP contribution >= 0.6 is 0 Å². The van der Waals surface area contributed by atoms with Crippen molar-refractivity contribution in [2.24, 2.45) is 5.73 Å². The zero-order valence-electron chi connectivity index (χ0n) is 14.6. The van der Waals surface area contributed by atoms with E-state index in [1.807, 2.05) is 12.1 Å². The van der Waals surface area contributed by atoms with Crippen LogP contribution in [0.3, 0.4) is 0 Å². The molecular formula is C21H23N3O. The summed E-state index contributed by atoms with van der Waals surface area (Å²) in [6, 6.07) is 10.3. The number of anilines is 3. The molecule has 0 fully saturated rings. The van der Waals surface area contributed by atoms with Gasteiger partial charge in [-0.05, 0) is 53.8 Å². The van der Waals surface area contributed by atoms with Gasteiger partial charge in [0.1, 0.15) is 5.75 Å². The summed E-state index contributed by atoms with van der Waals surface area (Å²) >= 11 is 0. The molecule has 2 aromatic carbocycles. The molecule has 128 valence electrons. The first-order valence-corrected chi connectivity index (χ1v) is 8.61. The van der Waals surface area contributed by atoms with Crippen LogP contribution in [0.5, 0.6) is 5.75 Å². The number of nitrogens with one attached hydrogen (secondary N) is 2. The van der Waals surface area contributed by atoms with Crippen LogP contribution in [-0.4, -0.2) is 13.7 Å². The second kappa shape index (κ2) is 6.30. The molecule has 0 unspecified atom stereocenters. The van der Waals surface area contributed by atoms with Crippen LogP contribution in [-0.2, 0) is 6.54 Å². The van der Waals surface area contributed by atoms with Crippen LogP contribution in [0.4, 0.5) is 17.1 Å². The SMILES string of the molecule is COc1cc(C)c2c(c1Nc1ccc(CN)cc1)C1=C(CC=C1)CN2. The van der Waals surface area contributed by atoms with Gasteiger partial charge in [0.05, 0.1) is 12.8 Å². The highest BCUT2D eigenvalue weighted by Crippen LogP contribution is 2.47. The van der Waals surface area contributed by atoms with Crippen molar-refractivity contribution in [3.63, 3.8) is 0 Å². The summed E-state index contributed by atoms with van der Waals surface area (Å²) in [5, 5.41) is 7.16. The second-order valence-corrected chi connectivity index (χ2v) is 6.52. The summed E-state index contributed by atoms with van der Waals surface area (Å²) in [5.41, 5.74) is 15.2. The summed E-state index contributed by atoms with van der Waals surface area (Å²) in [7, 11) is 1.72.